The molecule has 4 aromatic rings. The van der Waals surface area contributed by atoms with Crippen LogP contribution in [0.1, 0.15) is 11.1 Å². The second kappa shape index (κ2) is 7.56. The van der Waals surface area contributed by atoms with E-state index in [2.05, 4.69) is 15.3 Å². The van der Waals surface area contributed by atoms with Gasteiger partial charge < -0.3 is 15.0 Å². The summed E-state index contributed by atoms with van der Waals surface area (Å²) in [6, 6.07) is 21.4. The molecule has 5 heteroatoms. The second-order valence-electron chi connectivity index (χ2n) is 6.74. The molecule has 2 N–H and O–H groups in total. The number of benzene rings is 3. The largest absolute Gasteiger partial charge is 0.483 e. The molecule has 1 amide bonds. The van der Waals surface area contributed by atoms with Crippen LogP contribution in [0.3, 0.4) is 0 Å². The molecule has 0 aliphatic heterocycles. The first-order chi connectivity index (χ1) is 13.6. The Bertz CT molecular complexity index is 1080. The highest BCUT2D eigenvalue weighted by atomic mass is 16.5. The molecule has 1 aromatic heterocycles. The number of hydrogen-bond donors (Lipinski definition) is 2. The monoisotopic (exact) mass is 371 g/mol. The van der Waals surface area contributed by atoms with Crippen molar-refractivity contribution in [2.75, 3.05) is 11.9 Å². The van der Waals surface area contributed by atoms with Crippen molar-refractivity contribution in [3.05, 3.63) is 77.9 Å². The lowest BCUT2D eigenvalue weighted by atomic mass is 10.1. The van der Waals surface area contributed by atoms with Crippen LogP contribution in [0.15, 0.2) is 66.7 Å². The number of aromatic amines is 1. The van der Waals surface area contributed by atoms with Crippen molar-refractivity contribution in [1.29, 1.82) is 0 Å². The Kier molecular flexibility index (Phi) is 4.81. The number of amides is 1. The number of ether oxygens (including phenoxy) is 1. The highest BCUT2D eigenvalue weighted by Gasteiger charge is 2.09. The van der Waals surface area contributed by atoms with E-state index in [1.54, 1.807) is 0 Å². The Morgan fingerprint density at radius 1 is 0.964 bits per heavy atom. The highest BCUT2D eigenvalue weighted by molar-refractivity contribution is 5.92. The molecule has 140 valence electrons. The van der Waals surface area contributed by atoms with Crippen molar-refractivity contribution in [2.24, 2.45) is 0 Å². The van der Waals surface area contributed by atoms with Crippen LogP contribution in [0.2, 0.25) is 0 Å². The quantitative estimate of drug-likeness (QED) is 0.526. The first-order valence-electron chi connectivity index (χ1n) is 9.14. The minimum Gasteiger partial charge on any atom is -0.483 e. The van der Waals surface area contributed by atoms with Crippen LogP contribution in [-0.2, 0) is 4.79 Å². The number of nitrogens with one attached hydrogen (secondary N) is 2. The number of aryl methyl sites for hydroxylation is 2. The van der Waals surface area contributed by atoms with Crippen LogP contribution >= 0.6 is 0 Å². The van der Waals surface area contributed by atoms with Gasteiger partial charge in [-0.05, 0) is 61.4 Å². The summed E-state index contributed by atoms with van der Waals surface area (Å²) < 4.78 is 5.70. The number of rotatable bonds is 5. The Morgan fingerprint density at radius 3 is 2.39 bits per heavy atom. The molecule has 28 heavy (non-hydrogen) atoms. The number of H-pyrrole nitrogens is 1. The number of anilines is 1. The van der Waals surface area contributed by atoms with E-state index in [9.17, 15) is 4.79 Å². The normalized spacial score (nSPS) is 10.8. The van der Waals surface area contributed by atoms with E-state index in [-0.39, 0.29) is 12.5 Å². The first kappa shape index (κ1) is 17.8. The van der Waals surface area contributed by atoms with Crippen LogP contribution in [-0.4, -0.2) is 22.5 Å². The van der Waals surface area contributed by atoms with E-state index in [1.165, 1.54) is 0 Å². The molecular formula is C23H21N3O2. The van der Waals surface area contributed by atoms with Gasteiger partial charge in [0.2, 0.25) is 0 Å². The Morgan fingerprint density at radius 2 is 1.68 bits per heavy atom. The van der Waals surface area contributed by atoms with E-state index < -0.39 is 0 Å². The van der Waals surface area contributed by atoms with Gasteiger partial charge >= 0.3 is 0 Å². The van der Waals surface area contributed by atoms with E-state index >= 15 is 0 Å². The minimum atomic E-state index is -0.195. The Hall–Kier alpha value is -3.60. The summed E-state index contributed by atoms with van der Waals surface area (Å²) in [5, 5.41) is 2.86. The number of para-hydroxylation sites is 3. The van der Waals surface area contributed by atoms with Crippen molar-refractivity contribution in [3.8, 4) is 17.1 Å². The standard InChI is InChI=1S/C23H21N3O2/c1-15-6-5-7-16(2)22(15)28-14-21(27)24-18-12-10-17(11-13-18)23-25-19-8-3-4-9-20(19)26-23/h3-13H,14H2,1-2H3,(H,24,27)(H,25,26). The van der Waals surface area contributed by atoms with Crippen LogP contribution in [0.25, 0.3) is 22.4 Å². The molecule has 0 aliphatic rings. The highest BCUT2D eigenvalue weighted by Crippen LogP contribution is 2.23. The summed E-state index contributed by atoms with van der Waals surface area (Å²) in [4.78, 5) is 20.1. The summed E-state index contributed by atoms with van der Waals surface area (Å²) in [5.41, 5.74) is 5.64. The van der Waals surface area contributed by atoms with Gasteiger partial charge in [-0.2, -0.15) is 0 Å². The Labute approximate surface area is 163 Å². The molecular weight excluding hydrogens is 350 g/mol. The van der Waals surface area contributed by atoms with Gasteiger partial charge in [0.25, 0.3) is 5.91 Å². The molecule has 0 saturated carbocycles. The predicted molar refractivity (Wildman–Crippen MR) is 112 cm³/mol. The van der Waals surface area contributed by atoms with Gasteiger partial charge in [-0.15, -0.1) is 0 Å². The molecule has 1 heterocycles. The number of carbonyl (C=O) groups is 1. The summed E-state index contributed by atoms with van der Waals surface area (Å²) >= 11 is 0. The third-order valence-electron chi connectivity index (χ3n) is 4.59. The van der Waals surface area contributed by atoms with Gasteiger partial charge in [0, 0.05) is 11.3 Å². The lowest BCUT2D eigenvalue weighted by molar-refractivity contribution is -0.118. The maximum absolute atomic E-state index is 12.2. The average molecular weight is 371 g/mol. The van der Waals surface area contributed by atoms with Crippen molar-refractivity contribution >= 4 is 22.6 Å². The first-order valence-corrected chi connectivity index (χ1v) is 9.14. The molecule has 3 aromatic carbocycles. The summed E-state index contributed by atoms with van der Waals surface area (Å²) in [5.74, 6) is 1.37. The lowest BCUT2D eigenvalue weighted by Gasteiger charge is -2.12. The average Bonchev–Trinajstić information content (AvgIpc) is 3.12. The zero-order chi connectivity index (χ0) is 19.5. The minimum absolute atomic E-state index is 0.0307. The zero-order valence-corrected chi connectivity index (χ0v) is 15.8. The molecule has 0 atom stereocenters. The van der Waals surface area contributed by atoms with E-state index in [0.717, 1.165) is 45.0 Å². The molecule has 0 unspecified atom stereocenters. The fourth-order valence-electron chi connectivity index (χ4n) is 3.16. The maximum atomic E-state index is 12.2. The van der Waals surface area contributed by atoms with Gasteiger partial charge in [-0.25, -0.2) is 4.98 Å². The van der Waals surface area contributed by atoms with Gasteiger partial charge in [-0.1, -0.05) is 30.3 Å². The third kappa shape index (κ3) is 3.74. The van der Waals surface area contributed by atoms with Crippen LogP contribution in [0.4, 0.5) is 5.69 Å². The van der Waals surface area contributed by atoms with Crippen molar-refractivity contribution in [3.63, 3.8) is 0 Å². The van der Waals surface area contributed by atoms with Gasteiger partial charge in [0.05, 0.1) is 11.0 Å². The fourth-order valence-corrected chi connectivity index (χ4v) is 3.16. The van der Waals surface area contributed by atoms with Crippen LogP contribution in [0, 0.1) is 13.8 Å². The summed E-state index contributed by atoms with van der Waals surface area (Å²) in [7, 11) is 0. The van der Waals surface area contributed by atoms with Gasteiger partial charge in [-0.3, -0.25) is 4.79 Å². The molecule has 0 saturated heterocycles. The molecule has 4 rings (SSSR count). The third-order valence-corrected chi connectivity index (χ3v) is 4.59. The van der Waals surface area contributed by atoms with Crippen LogP contribution < -0.4 is 10.1 Å². The number of fused-ring (bicyclic) bond motifs is 1. The van der Waals surface area contributed by atoms with Crippen molar-refractivity contribution in [1.82, 2.24) is 9.97 Å². The number of imidazole rings is 1. The smallest absolute Gasteiger partial charge is 0.262 e. The van der Waals surface area contributed by atoms with E-state index in [0.29, 0.717) is 0 Å². The molecule has 0 fully saturated rings. The zero-order valence-electron chi connectivity index (χ0n) is 15.8. The maximum Gasteiger partial charge on any atom is 0.262 e. The topological polar surface area (TPSA) is 67.0 Å². The molecule has 5 nitrogen and oxygen atoms in total. The molecule has 0 bridgehead atoms. The number of hydrogen-bond acceptors (Lipinski definition) is 3. The van der Waals surface area contributed by atoms with Crippen molar-refractivity contribution < 1.29 is 9.53 Å². The van der Waals surface area contributed by atoms with Crippen molar-refractivity contribution in [2.45, 2.75) is 13.8 Å². The predicted octanol–water partition coefficient (Wildman–Crippen LogP) is 4.86. The van der Waals surface area contributed by atoms with Gasteiger partial charge in [0.15, 0.2) is 6.61 Å². The second-order valence-corrected chi connectivity index (χ2v) is 6.74. The Balaban J connectivity index is 1.40. The lowest BCUT2D eigenvalue weighted by Crippen LogP contribution is -2.20. The molecule has 0 aliphatic carbocycles. The summed E-state index contributed by atoms with van der Waals surface area (Å²) in [6.07, 6.45) is 0. The number of nitrogens with zero attached hydrogens (tertiary/aromatic N) is 1. The fraction of sp³-hybridized carbons (Fsp3) is 0.130. The molecule has 0 radical (unpaired) electrons. The van der Waals surface area contributed by atoms with E-state index in [4.69, 9.17) is 4.74 Å². The van der Waals surface area contributed by atoms with Crippen LogP contribution in [0.5, 0.6) is 5.75 Å². The van der Waals surface area contributed by atoms with Gasteiger partial charge in [0.1, 0.15) is 11.6 Å². The molecule has 0 spiro atoms. The van der Waals surface area contributed by atoms with E-state index in [1.807, 2.05) is 80.6 Å². The number of aromatic nitrogens is 2. The number of carbonyl (C=O) groups excluding carboxylic acids is 1. The summed E-state index contributed by atoms with van der Waals surface area (Å²) in [6.45, 7) is 3.91. The SMILES string of the molecule is Cc1cccc(C)c1OCC(=O)Nc1ccc(-c2nc3ccccc3[nH]2)cc1.